The molecule has 1 saturated heterocycles. The van der Waals surface area contributed by atoms with Gasteiger partial charge in [-0.15, -0.1) is 22.7 Å². The maximum absolute atomic E-state index is 12.8. The van der Waals surface area contributed by atoms with Crippen molar-refractivity contribution < 1.29 is 9.53 Å². The Hall–Kier alpha value is -1.93. The average Bonchev–Trinajstić information content (AvgIpc) is 3.43. The smallest absolute Gasteiger partial charge is 0.263 e. The number of hydrogen-bond acceptors (Lipinski definition) is 5. The van der Waals surface area contributed by atoms with Crippen LogP contribution in [0.1, 0.15) is 20.6 Å². The number of nitrogens with zero attached hydrogens (tertiary/aromatic N) is 2. The van der Waals surface area contributed by atoms with Crippen molar-refractivity contribution in [2.75, 3.05) is 32.8 Å². The van der Waals surface area contributed by atoms with E-state index in [0.29, 0.717) is 6.54 Å². The van der Waals surface area contributed by atoms with Crippen LogP contribution in [0.4, 0.5) is 0 Å². The Bertz CT molecular complexity index is 821. The Kier molecular flexibility index (Phi) is 5.50. The molecule has 1 aliphatic heterocycles. The van der Waals surface area contributed by atoms with Gasteiger partial charge in [0.15, 0.2) is 0 Å². The average molecular weight is 388 g/mol. The molecule has 3 aromatic heterocycles. The lowest BCUT2D eigenvalue weighted by Crippen LogP contribution is -2.43. The predicted molar refractivity (Wildman–Crippen MR) is 105 cm³/mol. The molecule has 26 heavy (non-hydrogen) atoms. The van der Waals surface area contributed by atoms with Gasteiger partial charge < -0.3 is 14.6 Å². The number of nitrogens with one attached hydrogen (secondary N) is 1. The number of aromatic nitrogens is 1. The normalized spacial score (nSPS) is 16.5. The van der Waals surface area contributed by atoms with Gasteiger partial charge in [0.25, 0.3) is 5.91 Å². The van der Waals surface area contributed by atoms with E-state index < -0.39 is 0 Å². The highest BCUT2D eigenvalue weighted by molar-refractivity contribution is 7.12. The third-order valence-corrected chi connectivity index (χ3v) is 6.42. The quantitative estimate of drug-likeness (QED) is 0.705. The number of carbonyl (C=O) groups is 1. The molecule has 1 atom stereocenters. The first-order chi connectivity index (χ1) is 12.8. The van der Waals surface area contributed by atoms with Crippen molar-refractivity contribution in [2.24, 2.45) is 0 Å². The fraction of sp³-hybridized carbons (Fsp3) is 0.316. The lowest BCUT2D eigenvalue weighted by atomic mass is 10.2. The van der Waals surface area contributed by atoms with Gasteiger partial charge in [-0.05, 0) is 35.0 Å². The van der Waals surface area contributed by atoms with Crippen LogP contribution in [0.25, 0.3) is 5.69 Å². The van der Waals surface area contributed by atoms with E-state index in [9.17, 15) is 4.79 Å². The van der Waals surface area contributed by atoms with E-state index in [-0.39, 0.29) is 11.9 Å². The number of rotatable bonds is 6. The van der Waals surface area contributed by atoms with Crippen LogP contribution in [0.5, 0.6) is 0 Å². The van der Waals surface area contributed by atoms with Gasteiger partial charge in [0.1, 0.15) is 4.88 Å². The number of ether oxygens (including phenoxy) is 1. The van der Waals surface area contributed by atoms with Crippen molar-refractivity contribution in [3.8, 4) is 5.69 Å². The molecule has 1 N–H and O–H groups in total. The van der Waals surface area contributed by atoms with Crippen molar-refractivity contribution in [3.63, 3.8) is 0 Å². The van der Waals surface area contributed by atoms with E-state index >= 15 is 0 Å². The van der Waals surface area contributed by atoms with E-state index in [1.165, 1.54) is 16.2 Å². The topological polar surface area (TPSA) is 46.5 Å². The minimum atomic E-state index is -0.0153. The Morgan fingerprint density at radius 3 is 2.65 bits per heavy atom. The number of thiophene rings is 2. The Labute approximate surface area is 160 Å². The molecule has 0 aliphatic carbocycles. The molecule has 1 aliphatic rings. The number of carbonyl (C=O) groups excluding carboxylic acids is 1. The molecule has 3 aromatic rings. The zero-order valence-corrected chi connectivity index (χ0v) is 16.0. The van der Waals surface area contributed by atoms with Crippen LogP contribution in [-0.4, -0.2) is 48.2 Å². The molecule has 0 aromatic carbocycles. The van der Waals surface area contributed by atoms with Gasteiger partial charge in [-0.1, -0.05) is 6.07 Å². The van der Waals surface area contributed by atoms with Gasteiger partial charge in [0, 0.05) is 36.9 Å². The minimum Gasteiger partial charge on any atom is -0.379 e. The molecule has 0 bridgehead atoms. The van der Waals surface area contributed by atoms with E-state index in [4.69, 9.17) is 4.74 Å². The molecule has 7 heteroatoms. The summed E-state index contributed by atoms with van der Waals surface area (Å²) in [6.07, 6.45) is 3.92. The van der Waals surface area contributed by atoms with Crippen LogP contribution in [-0.2, 0) is 4.74 Å². The standard InChI is InChI=1S/C19H21N3O2S2/c23-19(18-15(5-13-26-18)21-6-1-2-7-21)20-14-16(17-4-3-12-25-17)22-8-10-24-11-9-22/h1-7,12-13,16H,8-11,14H2,(H,20,23). The second-order valence-electron chi connectivity index (χ2n) is 6.11. The first-order valence-corrected chi connectivity index (χ1v) is 10.4. The summed E-state index contributed by atoms with van der Waals surface area (Å²) in [6.45, 7) is 3.89. The molecule has 1 amide bonds. The Morgan fingerprint density at radius 2 is 1.92 bits per heavy atom. The van der Waals surface area contributed by atoms with Gasteiger partial charge in [-0.3, -0.25) is 9.69 Å². The number of morpholine rings is 1. The second-order valence-corrected chi connectivity index (χ2v) is 8.01. The van der Waals surface area contributed by atoms with E-state index in [1.54, 1.807) is 11.3 Å². The summed E-state index contributed by atoms with van der Waals surface area (Å²) in [5, 5.41) is 7.21. The fourth-order valence-corrected chi connectivity index (χ4v) is 4.89. The highest BCUT2D eigenvalue weighted by Gasteiger charge is 2.24. The SMILES string of the molecule is O=C(NCC(c1cccs1)N1CCOCC1)c1sccc1-n1cccc1. The Balaban J connectivity index is 1.48. The number of hydrogen-bond donors (Lipinski definition) is 1. The van der Waals surface area contributed by atoms with Crippen LogP contribution in [0, 0.1) is 0 Å². The van der Waals surface area contributed by atoms with Crippen LogP contribution in [0.3, 0.4) is 0 Å². The van der Waals surface area contributed by atoms with Crippen LogP contribution in [0.2, 0.25) is 0 Å². The zero-order chi connectivity index (χ0) is 17.8. The van der Waals surface area contributed by atoms with Gasteiger partial charge in [-0.25, -0.2) is 0 Å². The molecule has 136 valence electrons. The summed E-state index contributed by atoms with van der Waals surface area (Å²) in [5.74, 6) is -0.0153. The third kappa shape index (κ3) is 3.76. The second kappa shape index (κ2) is 8.18. The fourth-order valence-electron chi connectivity index (χ4n) is 3.22. The summed E-state index contributed by atoms with van der Waals surface area (Å²) < 4.78 is 7.46. The van der Waals surface area contributed by atoms with Gasteiger partial charge in [0.05, 0.1) is 24.9 Å². The maximum Gasteiger partial charge on any atom is 0.263 e. The maximum atomic E-state index is 12.8. The highest BCUT2D eigenvalue weighted by Crippen LogP contribution is 2.26. The van der Waals surface area contributed by atoms with E-state index in [2.05, 4.69) is 27.7 Å². The summed E-state index contributed by atoms with van der Waals surface area (Å²) >= 11 is 3.22. The van der Waals surface area contributed by atoms with E-state index in [0.717, 1.165) is 36.9 Å². The van der Waals surface area contributed by atoms with Crippen molar-refractivity contribution in [3.05, 3.63) is 63.2 Å². The molecule has 0 radical (unpaired) electrons. The largest absolute Gasteiger partial charge is 0.379 e. The summed E-state index contributed by atoms with van der Waals surface area (Å²) in [6, 6.07) is 10.3. The first-order valence-electron chi connectivity index (χ1n) is 8.67. The lowest BCUT2D eigenvalue weighted by molar-refractivity contribution is 0.0169. The van der Waals surface area contributed by atoms with Crippen LogP contribution in [0.15, 0.2) is 53.5 Å². The molecule has 0 spiro atoms. The third-order valence-electron chi connectivity index (χ3n) is 4.55. The highest BCUT2D eigenvalue weighted by atomic mass is 32.1. The molecular formula is C19H21N3O2S2. The minimum absolute atomic E-state index is 0.0153. The van der Waals surface area contributed by atoms with Crippen molar-refractivity contribution in [1.29, 1.82) is 0 Å². The molecule has 1 unspecified atom stereocenters. The summed E-state index contributed by atoms with van der Waals surface area (Å²) in [5.41, 5.74) is 0.927. The Morgan fingerprint density at radius 1 is 1.12 bits per heavy atom. The van der Waals surface area contributed by atoms with Crippen molar-refractivity contribution in [2.45, 2.75) is 6.04 Å². The van der Waals surface area contributed by atoms with Gasteiger partial charge in [-0.2, -0.15) is 0 Å². The molecule has 1 fully saturated rings. The first kappa shape index (κ1) is 17.5. The summed E-state index contributed by atoms with van der Waals surface area (Å²) in [7, 11) is 0. The molecular weight excluding hydrogens is 366 g/mol. The molecule has 4 rings (SSSR count). The van der Waals surface area contributed by atoms with E-state index in [1.807, 2.05) is 40.5 Å². The molecule has 0 saturated carbocycles. The monoisotopic (exact) mass is 387 g/mol. The number of amides is 1. The molecule has 4 heterocycles. The zero-order valence-electron chi connectivity index (χ0n) is 14.3. The predicted octanol–water partition coefficient (Wildman–Crippen LogP) is 3.40. The van der Waals surface area contributed by atoms with Crippen molar-refractivity contribution in [1.82, 2.24) is 14.8 Å². The lowest BCUT2D eigenvalue weighted by Gasteiger charge is -2.34. The molecule has 5 nitrogen and oxygen atoms in total. The summed E-state index contributed by atoms with van der Waals surface area (Å²) in [4.78, 5) is 17.2. The van der Waals surface area contributed by atoms with Gasteiger partial charge >= 0.3 is 0 Å². The van der Waals surface area contributed by atoms with Crippen LogP contribution >= 0.6 is 22.7 Å². The van der Waals surface area contributed by atoms with Crippen molar-refractivity contribution >= 4 is 28.6 Å². The van der Waals surface area contributed by atoms with Gasteiger partial charge in [0.2, 0.25) is 0 Å². The van der Waals surface area contributed by atoms with Crippen LogP contribution < -0.4 is 5.32 Å².